The number of carbonyl (C=O) groups is 3. The minimum atomic E-state index is -0.825. The molecule has 1 atom stereocenters. The van der Waals surface area contributed by atoms with Crippen LogP contribution < -0.4 is 0 Å². The molecule has 0 aliphatic carbocycles. The zero-order chi connectivity index (χ0) is 51.4. The predicted molar refractivity (Wildman–Crippen MR) is 306 cm³/mol. The van der Waals surface area contributed by atoms with Crippen LogP contribution in [0.4, 0.5) is 0 Å². The van der Waals surface area contributed by atoms with Crippen LogP contribution in [0.5, 0.6) is 0 Å². The van der Waals surface area contributed by atoms with Crippen LogP contribution in [0.25, 0.3) is 0 Å². The van der Waals surface area contributed by atoms with Gasteiger partial charge in [-0.1, -0.05) is 219 Å². The molecule has 0 saturated heterocycles. The second kappa shape index (κ2) is 58.4. The summed E-state index contributed by atoms with van der Waals surface area (Å²) in [6, 6.07) is 0. The minimum absolute atomic E-state index is 0.115. The van der Waals surface area contributed by atoms with Gasteiger partial charge in [-0.3, -0.25) is 14.4 Å². The summed E-state index contributed by atoms with van der Waals surface area (Å²) >= 11 is 0. The van der Waals surface area contributed by atoms with Crippen molar-refractivity contribution in [2.75, 3.05) is 13.2 Å². The third kappa shape index (κ3) is 56.6. The van der Waals surface area contributed by atoms with Crippen molar-refractivity contribution in [3.8, 4) is 0 Å². The number of ether oxygens (including phenoxy) is 3. The predicted octanol–water partition coefficient (Wildman–Crippen LogP) is 19.6. The summed E-state index contributed by atoms with van der Waals surface area (Å²) in [5, 5.41) is 0. The van der Waals surface area contributed by atoms with E-state index < -0.39 is 6.10 Å². The second-order valence-electron chi connectivity index (χ2n) is 18.8. The highest BCUT2D eigenvalue weighted by Crippen LogP contribution is 2.13. The minimum Gasteiger partial charge on any atom is -0.462 e. The molecule has 0 bridgehead atoms. The van der Waals surface area contributed by atoms with Crippen molar-refractivity contribution in [2.45, 2.75) is 258 Å². The summed E-state index contributed by atoms with van der Waals surface area (Å²) in [6.45, 7) is 6.47. The Morgan fingerprint density at radius 3 is 0.859 bits per heavy atom. The molecule has 0 aromatic carbocycles. The number of carbonyl (C=O) groups excluding carboxylic acids is 3. The molecule has 0 unspecified atom stereocenters. The SMILES string of the molecule is CCCCC/C=C\C/C=C\C/C=C\C/C=C\CCCCCC(=O)O[C@H](COC(=O)CCC/C=C\C/C=C\C/C=C\C/C=C\CCCCC)COC(=O)CCCCCCCCC/C=C\C/C=C\CCCCC. The van der Waals surface area contributed by atoms with E-state index in [-0.39, 0.29) is 44.0 Å². The summed E-state index contributed by atoms with van der Waals surface area (Å²) in [4.78, 5) is 38.2. The number of allylic oxidation sites excluding steroid dienone is 20. The van der Waals surface area contributed by atoms with Crippen molar-refractivity contribution in [2.24, 2.45) is 0 Å². The standard InChI is InChI=1S/C65H106O6/c1-4-7-10-13-16-19-22-25-28-31-32-35-38-41-44-47-50-53-56-59-65(68)71-62(60-69-63(66)57-54-51-48-45-42-39-36-33-29-26-23-20-17-14-11-8-5-2)61-70-64(67)58-55-52-49-46-43-40-37-34-30-27-24-21-18-15-12-9-6-3/h16-21,25-30,32,35-36,39,41,44-45,48,62H,4-15,22-24,31,33-34,37-38,40,42-43,46-47,49-61H2,1-3H3/b19-16-,20-17-,21-18-,28-25-,29-26-,30-27-,35-32-,39-36-,44-41-,48-45-/t62-/m1/s1. The average molecular weight is 984 g/mol. The van der Waals surface area contributed by atoms with Gasteiger partial charge in [0.1, 0.15) is 13.2 Å². The van der Waals surface area contributed by atoms with Crippen molar-refractivity contribution < 1.29 is 28.6 Å². The fourth-order valence-electron chi connectivity index (χ4n) is 7.51. The highest BCUT2D eigenvalue weighted by molar-refractivity contribution is 5.71. The van der Waals surface area contributed by atoms with Crippen molar-refractivity contribution in [3.63, 3.8) is 0 Å². The Bertz CT molecular complexity index is 1500. The third-order valence-electron chi connectivity index (χ3n) is 11.9. The summed E-state index contributed by atoms with van der Waals surface area (Å²) in [5.41, 5.74) is 0. The summed E-state index contributed by atoms with van der Waals surface area (Å²) < 4.78 is 16.8. The molecule has 0 N–H and O–H groups in total. The maximum Gasteiger partial charge on any atom is 0.306 e. The number of hydrogen-bond acceptors (Lipinski definition) is 6. The molecule has 0 spiro atoms. The van der Waals surface area contributed by atoms with E-state index >= 15 is 0 Å². The van der Waals surface area contributed by atoms with E-state index in [0.717, 1.165) is 96.3 Å². The van der Waals surface area contributed by atoms with Gasteiger partial charge in [-0.15, -0.1) is 0 Å². The Labute approximate surface area is 437 Å². The first-order valence-corrected chi connectivity index (χ1v) is 29.0. The molecule has 0 radical (unpaired) electrons. The van der Waals surface area contributed by atoms with Crippen LogP contribution in [-0.4, -0.2) is 37.2 Å². The molecule has 0 aromatic rings. The lowest BCUT2D eigenvalue weighted by Gasteiger charge is -2.18. The van der Waals surface area contributed by atoms with Gasteiger partial charge in [-0.05, 0) is 135 Å². The van der Waals surface area contributed by atoms with E-state index in [9.17, 15) is 14.4 Å². The van der Waals surface area contributed by atoms with Gasteiger partial charge in [0.05, 0.1) is 0 Å². The first-order chi connectivity index (χ1) is 35.0. The van der Waals surface area contributed by atoms with Crippen molar-refractivity contribution in [1.29, 1.82) is 0 Å². The lowest BCUT2D eigenvalue weighted by atomic mass is 10.1. The monoisotopic (exact) mass is 983 g/mol. The number of hydrogen-bond donors (Lipinski definition) is 0. The van der Waals surface area contributed by atoms with E-state index in [2.05, 4.69) is 142 Å². The number of rotatable bonds is 51. The van der Waals surface area contributed by atoms with Crippen LogP contribution in [0.2, 0.25) is 0 Å². The molecule has 0 aliphatic heterocycles. The van der Waals surface area contributed by atoms with E-state index in [1.165, 1.54) is 103 Å². The fourth-order valence-corrected chi connectivity index (χ4v) is 7.51. The first kappa shape index (κ1) is 66.8. The number of esters is 3. The molecule has 6 heteroatoms. The second-order valence-corrected chi connectivity index (χ2v) is 18.8. The molecule has 0 aromatic heterocycles. The largest absolute Gasteiger partial charge is 0.462 e. The highest BCUT2D eigenvalue weighted by Gasteiger charge is 2.19. The summed E-state index contributed by atoms with van der Waals surface area (Å²) in [5.74, 6) is -1.01. The van der Waals surface area contributed by atoms with Gasteiger partial charge in [-0.25, -0.2) is 0 Å². The molecule has 0 heterocycles. The quantitative estimate of drug-likeness (QED) is 0.0261. The van der Waals surface area contributed by atoms with Gasteiger partial charge in [0.2, 0.25) is 0 Å². The zero-order valence-electron chi connectivity index (χ0n) is 45.9. The molecular formula is C65H106O6. The molecule has 71 heavy (non-hydrogen) atoms. The Morgan fingerprint density at radius 1 is 0.282 bits per heavy atom. The molecule has 6 nitrogen and oxygen atoms in total. The van der Waals surface area contributed by atoms with Crippen molar-refractivity contribution >= 4 is 17.9 Å². The van der Waals surface area contributed by atoms with Gasteiger partial charge in [0.25, 0.3) is 0 Å². The van der Waals surface area contributed by atoms with E-state index in [1.807, 2.05) is 0 Å². The normalized spacial score (nSPS) is 13.0. The molecule has 0 saturated carbocycles. The van der Waals surface area contributed by atoms with Crippen LogP contribution in [0.3, 0.4) is 0 Å². The topological polar surface area (TPSA) is 78.9 Å². The average Bonchev–Trinajstić information content (AvgIpc) is 3.37. The van der Waals surface area contributed by atoms with E-state index in [1.54, 1.807) is 0 Å². The van der Waals surface area contributed by atoms with Crippen molar-refractivity contribution in [3.05, 3.63) is 122 Å². The van der Waals surface area contributed by atoms with Crippen LogP contribution in [0.1, 0.15) is 252 Å². The fraction of sp³-hybridized carbons (Fsp3) is 0.646. The van der Waals surface area contributed by atoms with Crippen molar-refractivity contribution in [1.82, 2.24) is 0 Å². The van der Waals surface area contributed by atoms with Crippen LogP contribution in [0.15, 0.2) is 122 Å². The first-order valence-electron chi connectivity index (χ1n) is 29.0. The maximum atomic E-state index is 12.9. The van der Waals surface area contributed by atoms with Crippen LogP contribution in [0, 0.1) is 0 Å². The van der Waals surface area contributed by atoms with E-state index in [0.29, 0.717) is 19.3 Å². The molecule has 0 rings (SSSR count). The van der Waals surface area contributed by atoms with Gasteiger partial charge in [0, 0.05) is 19.3 Å². The summed E-state index contributed by atoms with van der Waals surface area (Å²) in [7, 11) is 0. The van der Waals surface area contributed by atoms with Crippen LogP contribution >= 0.6 is 0 Å². The lowest BCUT2D eigenvalue weighted by Crippen LogP contribution is -2.30. The van der Waals surface area contributed by atoms with Gasteiger partial charge >= 0.3 is 17.9 Å². The summed E-state index contributed by atoms with van der Waals surface area (Å²) in [6.07, 6.45) is 80.4. The Morgan fingerprint density at radius 2 is 0.521 bits per heavy atom. The molecule has 402 valence electrons. The molecule has 0 aliphatic rings. The van der Waals surface area contributed by atoms with Gasteiger partial charge < -0.3 is 14.2 Å². The Hall–Kier alpha value is -4.19. The maximum absolute atomic E-state index is 12.9. The Kier molecular flexibility index (Phi) is 54.9. The van der Waals surface area contributed by atoms with Crippen LogP contribution in [-0.2, 0) is 28.6 Å². The van der Waals surface area contributed by atoms with Gasteiger partial charge in [0.15, 0.2) is 6.10 Å². The zero-order valence-corrected chi connectivity index (χ0v) is 45.9. The Balaban J connectivity index is 4.57. The molecule has 0 amide bonds. The lowest BCUT2D eigenvalue weighted by molar-refractivity contribution is -0.167. The molecular weight excluding hydrogens is 877 g/mol. The molecule has 0 fully saturated rings. The van der Waals surface area contributed by atoms with E-state index in [4.69, 9.17) is 14.2 Å². The highest BCUT2D eigenvalue weighted by atomic mass is 16.6. The number of unbranched alkanes of at least 4 members (excludes halogenated alkanes) is 20. The van der Waals surface area contributed by atoms with Gasteiger partial charge in [-0.2, -0.15) is 0 Å². The smallest absolute Gasteiger partial charge is 0.306 e. The third-order valence-corrected chi connectivity index (χ3v) is 11.9.